The van der Waals surface area contributed by atoms with Crippen LogP contribution in [0.15, 0.2) is 18.2 Å². The van der Waals surface area contributed by atoms with Crippen LogP contribution < -0.4 is 0 Å². The van der Waals surface area contributed by atoms with Crippen molar-refractivity contribution >= 4 is 0 Å². The largest absolute Gasteiger partial charge is 0.299 e. The third-order valence-corrected chi connectivity index (χ3v) is 5.09. The van der Waals surface area contributed by atoms with Crippen molar-refractivity contribution in [2.45, 2.75) is 98.4 Å². The molecule has 0 heterocycles. The Bertz CT molecular complexity index is 412. The van der Waals surface area contributed by atoms with Crippen LogP contribution in [0.1, 0.15) is 96.6 Å². The summed E-state index contributed by atoms with van der Waals surface area (Å²) in [5, 5.41) is 0. The summed E-state index contributed by atoms with van der Waals surface area (Å²) in [4.78, 5) is 2.70. The van der Waals surface area contributed by atoms with E-state index in [9.17, 15) is 0 Å². The van der Waals surface area contributed by atoms with Crippen molar-refractivity contribution in [3.63, 3.8) is 0 Å². The Kier molecular flexibility index (Phi) is 12.8. The van der Waals surface area contributed by atoms with Gasteiger partial charge in [0.2, 0.25) is 0 Å². The van der Waals surface area contributed by atoms with Gasteiger partial charge in [-0.3, -0.25) is 4.90 Å². The average Bonchev–Trinajstić information content (AvgIpc) is 2.61. The van der Waals surface area contributed by atoms with Gasteiger partial charge in [-0.1, -0.05) is 78.4 Å². The molecule has 0 aliphatic heterocycles. The van der Waals surface area contributed by atoms with Crippen molar-refractivity contribution in [1.29, 1.82) is 0 Å². The zero-order chi connectivity index (χ0) is 18.3. The third-order valence-electron chi connectivity index (χ3n) is 5.09. The van der Waals surface area contributed by atoms with E-state index in [0.717, 1.165) is 12.5 Å². The summed E-state index contributed by atoms with van der Waals surface area (Å²) in [6, 6.07) is 9.94. The Morgan fingerprint density at radius 1 is 0.880 bits per heavy atom. The van der Waals surface area contributed by atoms with Gasteiger partial charge in [0.1, 0.15) is 0 Å². The van der Waals surface area contributed by atoms with Gasteiger partial charge >= 0.3 is 0 Å². The molecule has 0 bridgehead atoms. The zero-order valence-electron chi connectivity index (χ0n) is 17.4. The molecule has 0 aliphatic carbocycles. The van der Waals surface area contributed by atoms with Gasteiger partial charge in [0.25, 0.3) is 0 Å². The van der Waals surface area contributed by atoms with Gasteiger partial charge in [-0.05, 0) is 68.0 Å². The molecule has 0 saturated heterocycles. The SMILES string of the molecule is CCCCCCN(CCCCCC)Cc1c[c]ccc1CCC(C)C. The van der Waals surface area contributed by atoms with Crippen molar-refractivity contribution in [1.82, 2.24) is 4.90 Å². The predicted octanol–water partition coefficient (Wildman–Crippen LogP) is 7.04. The topological polar surface area (TPSA) is 3.24 Å². The summed E-state index contributed by atoms with van der Waals surface area (Å²) in [6.07, 6.45) is 13.3. The quantitative estimate of drug-likeness (QED) is 0.308. The Morgan fingerprint density at radius 2 is 1.52 bits per heavy atom. The van der Waals surface area contributed by atoms with E-state index in [-0.39, 0.29) is 0 Å². The first kappa shape index (κ1) is 22.2. The van der Waals surface area contributed by atoms with E-state index in [4.69, 9.17) is 0 Å². The zero-order valence-corrected chi connectivity index (χ0v) is 17.4. The van der Waals surface area contributed by atoms with Gasteiger partial charge in [0, 0.05) is 6.54 Å². The van der Waals surface area contributed by atoms with Crippen molar-refractivity contribution in [3.8, 4) is 0 Å². The van der Waals surface area contributed by atoms with Crippen molar-refractivity contribution in [3.05, 3.63) is 35.4 Å². The molecule has 0 unspecified atom stereocenters. The van der Waals surface area contributed by atoms with Crippen LogP contribution in [0.5, 0.6) is 0 Å². The highest BCUT2D eigenvalue weighted by atomic mass is 15.1. The number of aryl methyl sites for hydroxylation is 1. The molecule has 1 rings (SSSR count). The minimum absolute atomic E-state index is 0.774. The van der Waals surface area contributed by atoms with Crippen molar-refractivity contribution in [2.24, 2.45) is 5.92 Å². The van der Waals surface area contributed by atoms with Crippen LogP contribution in [0.25, 0.3) is 0 Å². The molecule has 1 aromatic rings. The summed E-state index contributed by atoms with van der Waals surface area (Å²) in [6.45, 7) is 12.9. The third kappa shape index (κ3) is 10.7. The molecule has 0 aromatic heterocycles. The van der Waals surface area contributed by atoms with Crippen LogP contribution in [0.3, 0.4) is 0 Å². The normalized spacial score (nSPS) is 11.6. The lowest BCUT2D eigenvalue weighted by molar-refractivity contribution is 0.252. The second kappa shape index (κ2) is 14.4. The first-order valence-electron chi connectivity index (χ1n) is 10.9. The average molecular weight is 345 g/mol. The first-order chi connectivity index (χ1) is 12.2. The van der Waals surface area contributed by atoms with E-state index in [1.54, 1.807) is 5.56 Å². The fourth-order valence-corrected chi connectivity index (χ4v) is 3.37. The van der Waals surface area contributed by atoms with Gasteiger partial charge in [0.05, 0.1) is 0 Å². The fraction of sp³-hybridized carbons (Fsp3) is 0.750. The number of rotatable bonds is 15. The first-order valence-corrected chi connectivity index (χ1v) is 10.9. The van der Waals surface area contributed by atoms with Crippen LogP contribution in [-0.4, -0.2) is 18.0 Å². The fourth-order valence-electron chi connectivity index (χ4n) is 3.37. The van der Waals surface area contributed by atoms with E-state index in [0.29, 0.717) is 0 Å². The lowest BCUT2D eigenvalue weighted by Gasteiger charge is -2.24. The number of hydrogen-bond donors (Lipinski definition) is 0. The van der Waals surface area contributed by atoms with E-state index in [2.05, 4.69) is 56.9 Å². The number of nitrogens with zero attached hydrogens (tertiary/aromatic N) is 1. The standard InChI is InChI=1S/C24H42N/c1-5-7-9-13-19-25(20-14-10-8-6-2)21-24-16-12-11-15-23(24)18-17-22(3)4/h11,15-16,22H,5-10,13-14,17-21H2,1-4H3. The molecule has 0 atom stereocenters. The number of hydrogen-bond acceptors (Lipinski definition) is 1. The minimum Gasteiger partial charge on any atom is -0.299 e. The Hall–Kier alpha value is -0.820. The molecule has 1 radical (unpaired) electrons. The maximum Gasteiger partial charge on any atom is 0.0236 e. The molecule has 1 aromatic carbocycles. The smallest absolute Gasteiger partial charge is 0.0236 e. The van der Waals surface area contributed by atoms with Crippen LogP contribution in [0.2, 0.25) is 0 Å². The maximum absolute atomic E-state index is 3.32. The second-order valence-corrected chi connectivity index (χ2v) is 8.02. The van der Waals surface area contributed by atoms with E-state index < -0.39 is 0 Å². The molecule has 1 nitrogen and oxygen atoms in total. The van der Waals surface area contributed by atoms with Crippen molar-refractivity contribution < 1.29 is 0 Å². The molecule has 0 fully saturated rings. The molecule has 25 heavy (non-hydrogen) atoms. The summed E-state index contributed by atoms with van der Waals surface area (Å²) >= 11 is 0. The molecule has 0 saturated carbocycles. The van der Waals surface area contributed by atoms with Gasteiger partial charge < -0.3 is 0 Å². The monoisotopic (exact) mass is 344 g/mol. The summed E-state index contributed by atoms with van der Waals surface area (Å²) in [7, 11) is 0. The highest BCUT2D eigenvalue weighted by Crippen LogP contribution is 2.17. The van der Waals surface area contributed by atoms with Gasteiger partial charge in [-0.2, -0.15) is 0 Å². The van der Waals surface area contributed by atoms with E-state index in [1.165, 1.54) is 82.9 Å². The highest BCUT2D eigenvalue weighted by molar-refractivity contribution is 5.26. The molecule has 0 amide bonds. The summed E-state index contributed by atoms with van der Waals surface area (Å²) in [5.74, 6) is 0.774. The molecule has 143 valence electrons. The maximum atomic E-state index is 3.32. The molecular weight excluding hydrogens is 302 g/mol. The Morgan fingerprint density at radius 3 is 2.08 bits per heavy atom. The molecule has 1 heteroatoms. The highest BCUT2D eigenvalue weighted by Gasteiger charge is 2.10. The summed E-state index contributed by atoms with van der Waals surface area (Å²) in [5.41, 5.74) is 3.05. The molecule has 0 aliphatic rings. The minimum atomic E-state index is 0.774. The van der Waals surface area contributed by atoms with Crippen LogP contribution in [-0.2, 0) is 13.0 Å². The molecule has 0 spiro atoms. The molecule has 0 N–H and O–H groups in total. The van der Waals surface area contributed by atoms with Crippen LogP contribution in [0, 0.1) is 12.0 Å². The number of benzene rings is 1. The van der Waals surface area contributed by atoms with Crippen LogP contribution >= 0.6 is 0 Å². The Balaban J connectivity index is 2.61. The Labute approximate surface area is 158 Å². The van der Waals surface area contributed by atoms with Crippen molar-refractivity contribution in [2.75, 3.05) is 13.1 Å². The molecular formula is C24H42N. The van der Waals surface area contributed by atoms with E-state index >= 15 is 0 Å². The van der Waals surface area contributed by atoms with E-state index in [1.807, 2.05) is 0 Å². The number of unbranched alkanes of at least 4 members (excludes halogenated alkanes) is 6. The lowest BCUT2D eigenvalue weighted by Crippen LogP contribution is -2.26. The predicted molar refractivity (Wildman–Crippen MR) is 112 cm³/mol. The second-order valence-electron chi connectivity index (χ2n) is 8.02. The van der Waals surface area contributed by atoms with Gasteiger partial charge in [-0.15, -0.1) is 0 Å². The van der Waals surface area contributed by atoms with Crippen LogP contribution in [0.4, 0.5) is 0 Å². The lowest BCUT2D eigenvalue weighted by atomic mass is 9.98. The van der Waals surface area contributed by atoms with Gasteiger partial charge in [-0.25, -0.2) is 0 Å². The van der Waals surface area contributed by atoms with Gasteiger partial charge in [0.15, 0.2) is 0 Å². The summed E-state index contributed by atoms with van der Waals surface area (Å²) < 4.78 is 0.